The molecule has 0 aliphatic carbocycles. The summed E-state index contributed by atoms with van der Waals surface area (Å²) in [6.07, 6.45) is 11.8. The maximum atomic E-state index is 12.5. The van der Waals surface area contributed by atoms with Crippen LogP contribution in [0.15, 0.2) is 0 Å². The second-order valence-corrected chi connectivity index (χ2v) is 7.29. The Kier molecular flexibility index (Phi) is 16.2. The molecule has 0 N–H and O–H groups in total. The van der Waals surface area contributed by atoms with Crippen LogP contribution in [0, 0.1) is 17.3 Å². The molecule has 2 unspecified atom stereocenters. The van der Waals surface area contributed by atoms with Crippen molar-refractivity contribution >= 4 is 29.9 Å². The molecule has 0 aliphatic rings. The van der Waals surface area contributed by atoms with E-state index in [0.717, 1.165) is 12.8 Å². The normalized spacial score (nSPS) is 16.1. The number of esters is 1. The van der Waals surface area contributed by atoms with E-state index in [9.17, 15) is 4.79 Å². The Morgan fingerprint density at radius 2 is 1.30 bits per heavy atom. The molecule has 0 aromatic carbocycles. The van der Waals surface area contributed by atoms with Crippen molar-refractivity contribution in [3.8, 4) is 0 Å². The van der Waals surface area contributed by atoms with Crippen LogP contribution in [-0.4, -0.2) is 37.0 Å². The first-order valence-corrected chi connectivity index (χ1v) is 9.55. The van der Waals surface area contributed by atoms with Crippen LogP contribution >= 0.6 is 0 Å². The van der Waals surface area contributed by atoms with Crippen LogP contribution in [0.25, 0.3) is 0 Å². The number of methoxy groups -OCH3 is 1. The second kappa shape index (κ2) is 14.6. The number of carbonyl (C=O) groups excluding carboxylic acids is 1. The van der Waals surface area contributed by atoms with Gasteiger partial charge in [-0.3, -0.25) is 4.79 Å². The summed E-state index contributed by atoms with van der Waals surface area (Å²) in [6.45, 7) is 11.1. The van der Waals surface area contributed by atoms with Crippen LogP contribution in [0.3, 0.4) is 0 Å². The van der Waals surface area contributed by atoms with E-state index in [1.807, 2.05) is 0 Å². The Bertz CT molecular complexity index is 273. The van der Waals surface area contributed by atoms with E-state index in [2.05, 4.69) is 34.6 Å². The quantitative estimate of drug-likeness (QED) is 0.285. The van der Waals surface area contributed by atoms with Crippen LogP contribution < -0.4 is 0 Å². The summed E-state index contributed by atoms with van der Waals surface area (Å²) in [5.74, 6) is 1.29. The fraction of sp³-hybridized carbons (Fsp3) is 0.950. The molecule has 23 heavy (non-hydrogen) atoms. The van der Waals surface area contributed by atoms with Crippen molar-refractivity contribution < 1.29 is 9.53 Å². The molecule has 0 aromatic rings. The molecule has 2 radical (unpaired) electrons. The molecular weight excluding hydrogens is 391 g/mol. The van der Waals surface area contributed by atoms with E-state index in [-0.39, 0.29) is 35.3 Å². The Hall–Kier alpha value is 0.269. The maximum absolute atomic E-state index is 12.5. The minimum atomic E-state index is -0.308. The zero-order valence-electron chi connectivity index (χ0n) is 16.7. The number of hydrogen-bond donors (Lipinski definition) is 0. The van der Waals surface area contributed by atoms with Gasteiger partial charge in [0.2, 0.25) is 0 Å². The number of unbranched alkanes of at least 4 members (excludes halogenated alkanes) is 2. The topological polar surface area (TPSA) is 26.3 Å². The monoisotopic (exact) mass is 434 g/mol. The summed E-state index contributed by atoms with van der Waals surface area (Å²) in [7, 11) is 1.54. The molecule has 0 amide bonds. The summed E-state index contributed by atoms with van der Waals surface area (Å²) in [4.78, 5) is 12.5. The van der Waals surface area contributed by atoms with E-state index < -0.39 is 0 Å². The van der Waals surface area contributed by atoms with Crippen molar-refractivity contribution in [1.82, 2.24) is 0 Å². The fourth-order valence-electron chi connectivity index (χ4n) is 3.66. The molecule has 2 nitrogen and oxygen atoms in total. The van der Waals surface area contributed by atoms with Gasteiger partial charge >= 0.3 is 29.9 Å². The molecule has 0 fully saturated rings. The van der Waals surface area contributed by atoms with Gasteiger partial charge in [-0.05, 0) is 31.6 Å². The molecule has 0 aliphatic heterocycles. The molecule has 0 heterocycles. The van der Waals surface area contributed by atoms with Crippen LogP contribution in [0.5, 0.6) is 0 Å². The molecule has 0 rings (SSSR count). The van der Waals surface area contributed by atoms with E-state index in [0.29, 0.717) is 11.8 Å². The predicted octanol–water partition coefficient (Wildman–Crippen LogP) is 5.46. The first kappa shape index (κ1) is 25.5. The Balaban J connectivity index is 0. The van der Waals surface area contributed by atoms with Gasteiger partial charge in [-0.1, -0.05) is 79.1 Å². The van der Waals surface area contributed by atoms with Gasteiger partial charge in [-0.15, -0.1) is 0 Å². The summed E-state index contributed by atoms with van der Waals surface area (Å²) in [5.41, 5.74) is -0.308. The van der Waals surface area contributed by atoms with Crippen molar-refractivity contribution in [3.63, 3.8) is 0 Å². The van der Waals surface area contributed by atoms with Crippen LogP contribution in [0.1, 0.15) is 98.8 Å². The first-order valence-electron chi connectivity index (χ1n) is 9.55. The summed E-state index contributed by atoms with van der Waals surface area (Å²) in [5, 5.41) is 0. The van der Waals surface area contributed by atoms with Gasteiger partial charge in [0.05, 0.1) is 12.5 Å². The molecule has 2 atom stereocenters. The Morgan fingerprint density at radius 3 is 1.57 bits per heavy atom. The molecule has 0 saturated carbocycles. The third kappa shape index (κ3) is 9.99. The van der Waals surface area contributed by atoms with E-state index >= 15 is 0 Å². The number of carbonyl (C=O) groups is 1. The van der Waals surface area contributed by atoms with Crippen LogP contribution in [-0.2, 0) is 9.53 Å². The zero-order valence-corrected chi connectivity index (χ0v) is 20.8. The molecule has 0 bridgehead atoms. The molecule has 3 heteroatoms. The Labute approximate surface area is 162 Å². The molecule has 0 spiro atoms. The molecular formula is C20H42O2Sn. The van der Waals surface area contributed by atoms with Crippen LogP contribution in [0.2, 0.25) is 0 Å². The average Bonchev–Trinajstić information content (AvgIpc) is 2.54. The summed E-state index contributed by atoms with van der Waals surface area (Å²) < 4.78 is 5.18. The van der Waals surface area contributed by atoms with E-state index in [1.54, 1.807) is 7.11 Å². The number of hydrogen-bond acceptors (Lipinski definition) is 2. The van der Waals surface area contributed by atoms with Gasteiger partial charge in [0.25, 0.3) is 0 Å². The second-order valence-electron chi connectivity index (χ2n) is 7.29. The first-order chi connectivity index (χ1) is 10.5. The third-order valence-corrected chi connectivity index (χ3v) is 5.24. The van der Waals surface area contributed by atoms with Gasteiger partial charge in [-0.2, -0.15) is 0 Å². The number of rotatable bonds is 13. The van der Waals surface area contributed by atoms with Crippen molar-refractivity contribution in [1.29, 1.82) is 0 Å². The van der Waals surface area contributed by atoms with Gasteiger partial charge in [0.15, 0.2) is 0 Å². The molecule has 0 saturated heterocycles. The van der Waals surface area contributed by atoms with Crippen molar-refractivity contribution in [3.05, 3.63) is 0 Å². The fourth-order valence-corrected chi connectivity index (χ4v) is 3.66. The van der Waals surface area contributed by atoms with Gasteiger partial charge in [0, 0.05) is 0 Å². The molecule has 138 valence electrons. The summed E-state index contributed by atoms with van der Waals surface area (Å²) in [6, 6.07) is 0. The van der Waals surface area contributed by atoms with Crippen molar-refractivity contribution in [2.24, 2.45) is 17.3 Å². The molecule has 0 aromatic heterocycles. The summed E-state index contributed by atoms with van der Waals surface area (Å²) >= 11 is 0. The minimum absolute atomic E-state index is 0. The average molecular weight is 433 g/mol. The third-order valence-electron chi connectivity index (χ3n) is 5.24. The van der Waals surface area contributed by atoms with Gasteiger partial charge < -0.3 is 4.74 Å². The van der Waals surface area contributed by atoms with E-state index in [4.69, 9.17) is 4.74 Å². The number of ether oxygens (including phenoxy) is 1. The van der Waals surface area contributed by atoms with Crippen molar-refractivity contribution in [2.45, 2.75) is 98.8 Å². The standard InChI is InChI=1S/C20H40O2.Sn.2H/c1-7-11-13-17(9-3)15-20(5,19(21)22-6)16-18(10-4)14-12-8-2;;;/h17-18H,7-16H2,1-6H3;;;. The SMILES string of the molecule is CCCCC(CC)CC(C)(CC(CC)CCCC)C(=O)OC.[SnH2]. The van der Waals surface area contributed by atoms with Gasteiger partial charge in [-0.25, -0.2) is 0 Å². The zero-order chi connectivity index (χ0) is 17.0. The van der Waals surface area contributed by atoms with E-state index in [1.165, 1.54) is 51.4 Å². The Morgan fingerprint density at radius 1 is 0.913 bits per heavy atom. The van der Waals surface area contributed by atoms with Gasteiger partial charge in [0.1, 0.15) is 0 Å². The van der Waals surface area contributed by atoms with Crippen LogP contribution in [0.4, 0.5) is 0 Å². The predicted molar refractivity (Wildman–Crippen MR) is 105 cm³/mol. The van der Waals surface area contributed by atoms with Crippen molar-refractivity contribution in [2.75, 3.05) is 7.11 Å².